The third-order valence-electron chi connectivity index (χ3n) is 4.12. The van der Waals surface area contributed by atoms with E-state index in [4.69, 9.17) is 0 Å². The molecule has 1 amide bonds. The van der Waals surface area contributed by atoms with E-state index in [1.54, 1.807) is 48.6 Å². The number of thiazole rings is 1. The molecule has 0 saturated carbocycles. The van der Waals surface area contributed by atoms with Crippen molar-refractivity contribution in [2.24, 2.45) is 0 Å². The van der Waals surface area contributed by atoms with E-state index in [-0.39, 0.29) is 10.7 Å². The number of alkyl halides is 3. The molecule has 0 fully saturated rings. The zero-order valence-electron chi connectivity index (χ0n) is 15.3. The molecule has 152 valence electrons. The summed E-state index contributed by atoms with van der Waals surface area (Å²) in [7, 11) is 0.806. The Morgan fingerprint density at radius 3 is 2.31 bits per heavy atom. The fourth-order valence-corrected chi connectivity index (χ4v) is 3.50. The number of ether oxygens (including phenoxy) is 1. The number of carbonyl (C=O) groups is 2. The van der Waals surface area contributed by atoms with Crippen molar-refractivity contribution in [1.82, 2.24) is 10.3 Å². The Morgan fingerprint density at radius 1 is 1.07 bits per heavy atom. The molecule has 1 heterocycles. The van der Waals surface area contributed by atoms with Crippen LogP contribution in [-0.2, 0) is 9.53 Å². The monoisotopic (exact) mass is 423 g/mol. The van der Waals surface area contributed by atoms with E-state index in [0.717, 1.165) is 24.0 Å². The van der Waals surface area contributed by atoms with Crippen molar-refractivity contribution in [3.05, 3.63) is 59.7 Å². The fourth-order valence-electron chi connectivity index (χ4n) is 2.58. The summed E-state index contributed by atoms with van der Waals surface area (Å²) < 4.78 is 47.3. The summed E-state index contributed by atoms with van der Waals surface area (Å²) in [5.41, 5.74) is -2.29. The van der Waals surface area contributed by atoms with Gasteiger partial charge in [-0.3, -0.25) is 4.79 Å². The SMILES string of the molecule is COC(=O)C(NC(=O)c1ccc(C)cc1)(Nc1nc2ccccc2s1)C(F)(F)F. The summed E-state index contributed by atoms with van der Waals surface area (Å²) >= 11 is 0.912. The van der Waals surface area contributed by atoms with Gasteiger partial charge in [-0.05, 0) is 31.2 Å². The normalized spacial score (nSPS) is 13.6. The topological polar surface area (TPSA) is 80.3 Å². The second kappa shape index (κ2) is 7.70. The predicted octanol–water partition coefficient (Wildman–Crippen LogP) is 3.88. The molecule has 1 atom stereocenters. The molecular formula is C19H16F3N3O3S. The quantitative estimate of drug-likeness (QED) is 0.481. The lowest BCUT2D eigenvalue weighted by molar-refractivity contribution is -0.203. The Kier molecular flexibility index (Phi) is 5.47. The average Bonchev–Trinajstić information content (AvgIpc) is 3.08. The molecule has 0 aliphatic heterocycles. The first-order valence-corrected chi connectivity index (χ1v) is 9.16. The van der Waals surface area contributed by atoms with Crippen LogP contribution in [0.15, 0.2) is 48.5 Å². The Balaban J connectivity index is 2.03. The van der Waals surface area contributed by atoms with Crippen LogP contribution in [0.4, 0.5) is 18.3 Å². The van der Waals surface area contributed by atoms with Crippen LogP contribution in [0.1, 0.15) is 15.9 Å². The summed E-state index contributed by atoms with van der Waals surface area (Å²) in [6.07, 6.45) is -5.22. The number of amides is 1. The number of aryl methyl sites for hydroxylation is 1. The molecule has 0 aliphatic carbocycles. The fraction of sp³-hybridized carbons (Fsp3) is 0.211. The van der Waals surface area contributed by atoms with Gasteiger partial charge in [0.25, 0.3) is 5.91 Å². The molecule has 3 aromatic rings. The van der Waals surface area contributed by atoms with E-state index in [2.05, 4.69) is 15.0 Å². The highest BCUT2D eigenvalue weighted by Gasteiger charge is 2.64. The standard InChI is InChI=1S/C19H16F3N3O3S/c1-11-7-9-12(10-8-11)15(26)24-18(16(27)28-2,19(20,21)22)25-17-23-13-5-3-4-6-14(13)29-17/h3-10H,1-2H3,(H,23,25)(H,24,26). The van der Waals surface area contributed by atoms with Gasteiger partial charge >= 0.3 is 17.8 Å². The number of benzene rings is 2. The largest absolute Gasteiger partial charge is 0.466 e. The first-order chi connectivity index (χ1) is 13.7. The van der Waals surface area contributed by atoms with Gasteiger partial charge in [0.1, 0.15) is 0 Å². The lowest BCUT2D eigenvalue weighted by atomic mass is 10.1. The van der Waals surface area contributed by atoms with E-state index >= 15 is 0 Å². The molecule has 3 rings (SSSR count). The van der Waals surface area contributed by atoms with E-state index in [0.29, 0.717) is 10.2 Å². The third-order valence-corrected chi connectivity index (χ3v) is 5.07. The molecule has 29 heavy (non-hydrogen) atoms. The van der Waals surface area contributed by atoms with Crippen LogP contribution >= 0.6 is 11.3 Å². The molecule has 2 aromatic carbocycles. The van der Waals surface area contributed by atoms with Gasteiger partial charge in [-0.2, -0.15) is 13.2 Å². The zero-order chi connectivity index (χ0) is 21.2. The number of nitrogens with one attached hydrogen (secondary N) is 2. The van der Waals surface area contributed by atoms with Crippen LogP contribution in [0.25, 0.3) is 10.2 Å². The lowest BCUT2D eigenvalue weighted by Gasteiger charge is -2.34. The summed E-state index contributed by atoms with van der Waals surface area (Å²) in [6.45, 7) is 1.77. The minimum absolute atomic E-state index is 0.0424. The van der Waals surface area contributed by atoms with Gasteiger partial charge in [-0.15, -0.1) is 0 Å². The second-order valence-corrected chi connectivity index (χ2v) is 7.20. The van der Waals surface area contributed by atoms with Gasteiger partial charge < -0.3 is 15.4 Å². The number of halogens is 3. The molecule has 0 spiro atoms. The second-order valence-electron chi connectivity index (χ2n) is 6.17. The molecule has 6 nitrogen and oxygen atoms in total. The number of nitrogens with zero attached hydrogens (tertiary/aromatic N) is 1. The predicted molar refractivity (Wildman–Crippen MR) is 103 cm³/mol. The summed E-state index contributed by atoms with van der Waals surface area (Å²) in [5.74, 6) is -2.81. The van der Waals surface area contributed by atoms with Gasteiger partial charge in [0.2, 0.25) is 0 Å². The number of hydrogen-bond donors (Lipinski definition) is 2. The summed E-state index contributed by atoms with van der Waals surface area (Å²) in [4.78, 5) is 28.9. The minimum Gasteiger partial charge on any atom is -0.466 e. The number of rotatable bonds is 5. The highest BCUT2D eigenvalue weighted by Crippen LogP contribution is 2.35. The molecule has 0 aliphatic rings. The maximum Gasteiger partial charge on any atom is 0.442 e. The highest BCUT2D eigenvalue weighted by atomic mass is 32.1. The number of hydrogen-bond acceptors (Lipinski definition) is 6. The van der Waals surface area contributed by atoms with Gasteiger partial charge in [0.15, 0.2) is 5.13 Å². The Morgan fingerprint density at radius 2 is 1.72 bits per heavy atom. The number of anilines is 1. The van der Waals surface area contributed by atoms with Gasteiger partial charge in [-0.1, -0.05) is 41.2 Å². The zero-order valence-corrected chi connectivity index (χ0v) is 16.1. The molecule has 10 heteroatoms. The van der Waals surface area contributed by atoms with Crippen LogP contribution in [0.5, 0.6) is 0 Å². The number of methoxy groups -OCH3 is 1. The van der Waals surface area contributed by atoms with Crippen LogP contribution in [0, 0.1) is 6.92 Å². The van der Waals surface area contributed by atoms with Crippen LogP contribution in [-0.4, -0.2) is 35.8 Å². The van der Waals surface area contributed by atoms with Gasteiger partial charge in [0.05, 0.1) is 17.3 Å². The van der Waals surface area contributed by atoms with E-state index < -0.39 is 23.7 Å². The van der Waals surface area contributed by atoms with Crippen molar-refractivity contribution < 1.29 is 27.5 Å². The third kappa shape index (κ3) is 4.02. The van der Waals surface area contributed by atoms with Gasteiger partial charge in [0, 0.05) is 5.56 Å². The lowest BCUT2D eigenvalue weighted by Crippen LogP contribution is -2.69. The Labute approximate surface area is 167 Å². The number of esters is 1. The van der Waals surface area contributed by atoms with Crippen molar-refractivity contribution in [3.63, 3.8) is 0 Å². The Bertz CT molecular complexity index is 1020. The number of aromatic nitrogens is 1. The average molecular weight is 423 g/mol. The molecule has 1 aromatic heterocycles. The smallest absolute Gasteiger partial charge is 0.442 e. The first kappa shape index (κ1) is 20.6. The van der Waals surface area contributed by atoms with E-state index in [1.165, 1.54) is 12.1 Å². The van der Waals surface area contributed by atoms with E-state index in [1.807, 2.05) is 0 Å². The van der Waals surface area contributed by atoms with Crippen molar-refractivity contribution in [2.45, 2.75) is 18.8 Å². The highest BCUT2D eigenvalue weighted by molar-refractivity contribution is 7.22. The van der Waals surface area contributed by atoms with E-state index in [9.17, 15) is 22.8 Å². The number of carbonyl (C=O) groups excluding carboxylic acids is 2. The number of fused-ring (bicyclic) bond motifs is 1. The van der Waals surface area contributed by atoms with Crippen molar-refractivity contribution in [3.8, 4) is 0 Å². The van der Waals surface area contributed by atoms with Crippen molar-refractivity contribution in [1.29, 1.82) is 0 Å². The first-order valence-electron chi connectivity index (χ1n) is 8.34. The molecule has 0 saturated heterocycles. The molecule has 1 unspecified atom stereocenters. The maximum atomic E-state index is 14.1. The maximum absolute atomic E-state index is 14.1. The molecule has 0 bridgehead atoms. The molecule has 2 N–H and O–H groups in total. The van der Waals surface area contributed by atoms with Crippen LogP contribution in [0.2, 0.25) is 0 Å². The summed E-state index contributed by atoms with van der Waals surface area (Å²) in [6, 6.07) is 12.6. The van der Waals surface area contributed by atoms with Crippen molar-refractivity contribution >= 4 is 38.6 Å². The van der Waals surface area contributed by atoms with Crippen LogP contribution < -0.4 is 10.6 Å². The van der Waals surface area contributed by atoms with Crippen molar-refractivity contribution in [2.75, 3.05) is 12.4 Å². The summed E-state index contributed by atoms with van der Waals surface area (Å²) in [5, 5.41) is 3.63. The Hall–Kier alpha value is -3.14. The minimum atomic E-state index is -5.22. The number of para-hydroxylation sites is 1. The molecule has 0 radical (unpaired) electrons. The van der Waals surface area contributed by atoms with Crippen LogP contribution in [0.3, 0.4) is 0 Å². The molecular weight excluding hydrogens is 407 g/mol. The van der Waals surface area contributed by atoms with Gasteiger partial charge in [-0.25, -0.2) is 9.78 Å².